The molecule has 0 saturated carbocycles. The maximum Gasteiger partial charge on any atom is 0.255 e. The summed E-state index contributed by atoms with van der Waals surface area (Å²) in [5, 5.41) is 15.9. The van der Waals surface area contributed by atoms with Gasteiger partial charge < -0.3 is 10.1 Å². The van der Waals surface area contributed by atoms with Crippen LogP contribution >= 0.6 is 0 Å². The van der Waals surface area contributed by atoms with Gasteiger partial charge in [0, 0.05) is 16.9 Å². The zero-order valence-corrected chi connectivity index (χ0v) is 16.1. The molecule has 0 radical (unpaired) electrons. The van der Waals surface area contributed by atoms with Crippen molar-refractivity contribution in [3.63, 3.8) is 0 Å². The van der Waals surface area contributed by atoms with Crippen LogP contribution in [0.2, 0.25) is 0 Å². The molecule has 0 spiro atoms. The van der Waals surface area contributed by atoms with Crippen LogP contribution < -0.4 is 5.56 Å². The second-order valence-corrected chi connectivity index (χ2v) is 7.19. The summed E-state index contributed by atoms with van der Waals surface area (Å²) in [6.45, 7) is 7.78. The Labute approximate surface area is 163 Å². The van der Waals surface area contributed by atoms with E-state index in [9.17, 15) is 9.90 Å². The smallest absolute Gasteiger partial charge is 0.255 e. The van der Waals surface area contributed by atoms with Crippen molar-refractivity contribution in [2.24, 2.45) is 0 Å². The first-order valence-corrected chi connectivity index (χ1v) is 9.49. The van der Waals surface area contributed by atoms with E-state index in [0.717, 1.165) is 28.5 Å². The molecule has 0 aliphatic carbocycles. The number of hydrogen-bond donors (Lipinski definition) is 2. The first kappa shape index (κ1) is 18.0. The molecule has 5 nitrogen and oxygen atoms in total. The summed E-state index contributed by atoms with van der Waals surface area (Å²) in [7, 11) is 0. The summed E-state index contributed by atoms with van der Waals surface area (Å²) in [6, 6.07) is 15.7. The van der Waals surface area contributed by atoms with E-state index < -0.39 is 5.92 Å². The largest absolute Gasteiger partial charge is 0.512 e. The van der Waals surface area contributed by atoms with Crippen molar-refractivity contribution >= 4 is 16.6 Å². The lowest BCUT2D eigenvalue weighted by Crippen LogP contribution is -2.22. The summed E-state index contributed by atoms with van der Waals surface area (Å²) in [5.41, 5.74) is 4.45. The van der Waals surface area contributed by atoms with Crippen LogP contribution in [0.5, 0.6) is 0 Å². The number of aryl methyl sites for hydroxylation is 1. The minimum atomic E-state index is -0.457. The third-order valence-corrected chi connectivity index (χ3v) is 5.18. The Kier molecular flexibility index (Phi) is 4.51. The van der Waals surface area contributed by atoms with Gasteiger partial charge in [0.25, 0.3) is 5.56 Å². The second kappa shape index (κ2) is 7.00. The Hall–Kier alpha value is -3.34. The molecule has 0 bridgehead atoms. The van der Waals surface area contributed by atoms with Crippen LogP contribution in [0.15, 0.2) is 65.7 Å². The minimum Gasteiger partial charge on any atom is -0.512 e. The molecule has 28 heavy (non-hydrogen) atoms. The minimum absolute atomic E-state index is 0.00299. The Bertz CT molecular complexity index is 1230. The van der Waals surface area contributed by atoms with Crippen LogP contribution in [-0.2, 0) is 0 Å². The number of hydrogen-bond acceptors (Lipinski definition) is 3. The summed E-state index contributed by atoms with van der Waals surface area (Å²) in [6.07, 6.45) is 1.44. The molecule has 4 aromatic rings. The fourth-order valence-electron chi connectivity index (χ4n) is 3.79. The molecule has 142 valence electrons. The maximum absolute atomic E-state index is 13.2. The Morgan fingerprint density at radius 3 is 2.61 bits per heavy atom. The highest BCUT2D eigenvalue weighted by Gasteiger charge is 2.26. The Morgan fingerprint density at radius 1 is 1.21 bits per heavy atom. The number of aliphatic hydroxyl groups is 1. The number of rotatable bonds is 5. The summed E-state index contributed by atoms with van der Waals surface area (Å²) >= 11 is 0. The number of nitrogens with zero attached hydrogens (tertiary/aromatic N) is 2. The fraction of sp³-hybridized carbons (Fsp3) is 0.217. The van der Waals surface area contributed by atoms with Crippen molar-refractivity contribution in [2.75, 3.05) is 0 Å². The summed E-state index contributed by atoms with van der Waals surface area (Å²) in [4.78, 5) is 16.2. The molecule has 1 atom stereocenters. The Balaban J connectivity index is 2.16. The van der Waals surface area contributed by atoms with E-state index in [-0.39, 0.29) is 11.3 Å². The quantitative estimate of drug-likeness (QED) is 0.478. The van der Waals surface area contributed by atoms with Gasteiger partial charge in [-0.2, -0.15) is 5.10 Å². The number of aromatic amines is 1. The topological polar surface area (TPSA) is 70.4 Å². The van der Waals surface area contributed by atoms with E-state index in [0.29, 0.717) is 23.3 Å². The molecule has 4 rings (SSSR count). The number of aliphatic hydroxyl groups excluding tert-OH is 1. The predicted octanol–water partition coefficient (Wildman–Crippen LogP) is 5.11. The van der Waals surface area contributed by atoms with Gasteiger partial charge in [0.1, 0.15) is 5.65 Å². The van der Waals surface area contributed by atoms with Crippen molar-refractivity contribution in [3.8, 4) is 11.3 Å². The molecule has 1 unspecified atom stereocenters. The van der Waals surface area contributed by atoms with Crippen LogP contribution in [0.1, 0.15) is 36.8 Å². The number of H-pyrrole nitrogens is 1. The zero-order valence-electron chi connectivity index (χ0n) is 16.1. The molecular formula is C23H23N3O2. The van der Waals surface area contributed by atoms with Crippen LogP contribution in [-0.4, -0.2) is 19.7 Å². The molecule has 0 aliphatic rings. The molecule has 0 amide bonds. The monoisotopic (exact) mass is 373 g/mol. The van der Waals surface area contributed by atoms with Crippen LogP contribution in [0.3, 0.4) is 0 Å². The van der Waals surface area contributed by atoms with E-state index in [2.05, 4.69) is 11.6 Å². The van der Waals surface area contributed by atoms with Gasteiger partial charge in [-0.1, -0.05) is 61.9 Å². The highest BCUT2D eigenvalue weighted by molar-refractivity contribution is 5.93. The van der Waals surface area contributed by atoms with Crippen LogP contribution in [0, 0.1) is 6.92 Å². The number of aromatic nitrogens is 3. The highest BCUT2D eigenvalue weighted by atomic mass is 16.3. The lowest BCUT2D eigenvalue weighted by molar-refractivity contribution is 0.360. The van der Waals surface area contributed by atoms with Crippen LogP contribution in [0.25, 0.3) is 27.8 Å². The number of benzene rings is 2. The van der Waals surface area contributed by atoms with Gasteiger partial charge in [-0.15, -0.1) is 0 Å². The summed E-state index contributed by atoms with van der Waals surface area (Å²) < 4.78 is 1.79. The fourth-order valence-corrected chi connectivity index (χ4v) is 3.79. The lowest BCUT2D eigenvalue weighted by atomic mass is 9.90. The molecule has 0 saturated heterocycles. The van der Waals surface area contributed by atoms with Crippen molar-refractivity contribution in [3.05, 3.63) is 82.3 Å². The first-order valence-electron chi connectivity index (χ1n) is 9.49. The van der Waals surface area contributed by atoms with Gasteiger partial charge >= 0.3 is 0 Å². The molecule has 0 aliphatic heterocycles. The Morgan fingerprint density at radius 2 is 1.93 bits per heavy atom. The standard InChI is InChI=1S/C23H23N3O2/c1-4-7-17(15(3)27)20-21(16-12-10-14(2)11-13-16)26-22(24-23(20)28)18-8-5-6-9-19(18)25-26/h5-6,8-13,17,27H,3-4,7H2,1-2H3,(H,24,28). The van der Waals surface area contributed by atoms with E-state index in [1.165, 1.54) is 0 Å². The number of fused-ring (bicyclic) bond motifs is 3. The third-order valence-electron chi connectivity index (χ3n) is 5.18. The average molecular weight is 373 g/mol. The zero-order chi connectivity index (χ0) is 19.8. The van der Waals surface area contributed by atoms with Gasteiger partial charge in [-0.25, -0.2) is 4.52 Å². The molecular weight excluding hydrogens is 350 g/mol. The van der Waals surface area contributed by atoms with E-state index in [1.807, 2.05) is 62.4 Å². The molecule has 2 N–H and O–H groups in total. The van der Waals surface area contributed by atoms with Gasteiger partial charge in [0.15, 0.2) is 0 Å². The van der Waals surface area contributed by atoms with Crippen molar-refractivity contribution in [1.82, 2.24) is 14.6 Å². The van der Waals surface area contributed by atoms with Gasteiger partial charge in [-0.3, -0.25) is 4.79 Å². The van der Waals surface area contributed by atoms with Gasteiger partial charge in [-0.05, 0) is 25.5 Å². The maximum atomic E-state index is 13.2. The predicted molar refractivity (Wildman–Crippen MR) is 113 cm³/mol. The third kappa shape index (κ3) is 2.89. The number of allylic oxidation sites excluding steroid dienone is 1. The van der Waals surface area contributed by atoms with Crippen molar-refractivity contribution < 1.29 is 5.11 Å². The van der Waals surface area contributed by atoms with E-state index >= 15 is 0 Å². The average Bonchev–Trinajstić information content (AvgIpc) is 3.04. The number of nitrogens with one attached hydrogen (secondary N) is 1. The SMILES string of the molecule is C=C(O)C(CCC)c1c(-c2ccc(C)cc2)n2nc3ccccc3c2[nH]c1=O. The molecule has 2 heterocycles. The summed E-state index contributed by atoms with van der Waals surface area (Å²) in [5.74, 6) is -0.460. The molecule has 2 aromatic heterocycles. The van der Waals surface area contributed by atoms with E-state index in [1.54, 1.807) is 4.52 Å². The highest BCUT2D eigenvalue weighted by Crippen LogP contribution is 2.34. The van der Waals surface area contributed by atoms with Crippen molar-refractivity contribution in [1.29, 1.82) is 0 Å². The van der Waals surface area contributed by atoms with Crippen molar-refractivity contribution in [2.45, 2.75) is 32.6 Å². The van der Waals surface area contributed by atoms with Gasteiger partial charge in [0.05, 0.1) is 22.5 Å². The van der Waals surface area contributed by atoms with Crippen LogP contribution in [0.4, 0.5) is 0 Å². The first-order chi connectivity index (χ1) is 13.5. The molecule has 0 fully saturated rings. The molecule has 5 heteroatoms. The lowest BCUT2D eigenvalue weighted by Gasteiger charge is -2.19. The molecule has 2 aromatic carbocycles. The van der Waals surface area contributed by atoms with E-state index in [4.69, 9.17) is 5.10 Å². The van der Waals surface area contributed by atoms with Gasteiger partial charge in [0.2, 0.25) is 0 Å². The normalized spacial score (nSPS) is 12.5. The second-order valence-electron chi connectivity index (χ2n) is 7.19.